The third-order valence-corrected chi connectivity index (χ3v) is 6.07. The molecule has 4 N–H and O–H groups in total. The van der Waals surface area contributed by atoms with Gasteiger partial charge in [-0.05, 0) is 60.2 Å². The summed E-state index contributed by atoms with van der Waals surface area (Å²) in [5.41, 5.74) is 0.616. The van der Waals surface area contributed by atoms with Crippen LogP contribution < -0.4 is 16.0 Å². The molecule has 0 aromatic heterocycles. The van der Waals surface area contributed by atoms with E-state index in [1.165, 1.54) is 42.5 Å². The second kappa shape index (κ2) is 12.2. The Bertz CT molecular complexity index is 1400. The van der Waals surface area contributed by atoms with Gasteiger partial charge in [-0.15, -0.1) is 0 Å². The molecule has 0 bridgehead atoms. The van der Waals surface area contributed by atoms with Crippen LogP contribution in [0.4, 0.5) is 34.1 Å². The Morgan fingerprint density at radius 3 is 1.88 bits per heavy atom. The second-order valence-corrected chi connectivity index (χ2v) is 8.85. The molecule has 3 aromatic rings. The molecular formula is C27H24F3N5O5. The summed E-state index contributed by atoms with van der Waals surface area (Å²) in [4.78, 5) is 53.5. The van der Waals surface area contributed by atoms with Crippen molar-refractivity contribution in [2.24, 2.45) is 0 Å². The molecule has 3 aromatic carbocycles. The summed E-state index contributed by atoms with van der Waals surface area (Å²) in [6, 6.07) is 12.0. The number of rotatable bonds is 7. The van der Waals surface area contributed by atoms with E-state index < -0.39 is 60.0 Å². The highest BCUT2D eigenvalue weighted by molar-refractivity contribution is 5.98. The van der Waals surface area contributed by atoms with Gasteiger partial charge in [-0.25, -0.2) is 22.8 Å². The van der Waals surface area contributed by atoms with Gasteiger partial charge in [0, 0.05) is 24.5 Å². The van der Waals surface area contributed by atoms with Crippen molar-refractivity contribution in [1.29, 1.82) is 0 Å². The molecule has 0 saturated carbocycles. The first-order chi connectivity index (χ1) is 19.1. The number of aliphatic carboxylic acids is 1. The molecule has 1 saturated heterocycles. The zero-order valence-electron chi connectivity index (χ0n) is 20.8. The van der Waals surface area contributed by atoms with Crippen molar-refractivity contribution in [2.45, 2.75) is 18.6 Å². The molecular weight excluding hydrogens is 531 g/mol. The van der Waals surface area contributed by atoms with E-state index in [1.54, 1.807) is 0 Å². The molecule has 13 heteroatoms. The molecule has 0 radical (unpaired) electrons. The van der Waals surface area contributed by atoms with Crippen molar-refractivity contribution in [3.63, 3.8) is 0 Å². The quantitative estimate of drug-likeness (QED) is 0.348. The van der Waals surface area contributed by atoms with E-state index in [0.717, 1.165) is 40.1 Å². The predicted molar refractivity (Wildman–Crippen MR) is 138 cm³/mol. The number of hydrogen-bond acceptors (Lipinski definition) is 4. The van der Waals surface area contributed by atoms with E-state index in [4.69, 9.17) is 0 Å². The average Bonchev–Trinajstić information content (AvgIpc) is 3.36. The van der Waals surface area contributed by atoms with Crippen molar-refractivity contribution >= 4 is 35.3 Å². The number of urea groups is 2. The number of carbonyl (C=O) groups excluding carboxylic acids is 3. The van der Waals surface area contributed by atoms with Crippen molar-refractivity contribution in [3.05, 3.63) is 95.8 Å². The normalized spacial score (nSPS) is 15.3. The van der Waals surface area contributed by atoms with Gasteiger partial charge in [0.25, 0.3) is 5.91 Å². The van der Waals surface area contributed by atoms with Crippen LogP contribution in [0.5, 0.6) is 0 Å². The Morgan fingerprint density at radius 2 is 1.32 bits per heavy atom. The molecule has 0 spiro atoms. The van der Waals surface area contributed by atoms with Gasteiger partial charge < -0.3 is 21.1 Å². The molecule has 1 heterocycles. The van der Waals surface area contributed by atoms with Crippen LogP contribution in [0, 0.1) is 17.5 Å². The van der Waals surface area contributed by atoms with Gasteiger partial charge in [0.15, 0.2) is 6.17 Å². The lowest BCUT2D eigenvalue weighted by Crippen LogP contribution is -2.56. The highest BCUT2D eigenvalue weighted by atomic mass is 19.1. The van der Waals surface area contributed by atoms with Crippen LogP contribution >= 0.6 is 0 Å². The molecule has 2 unspecified atom stereocenters. The highest BCUT2D eigenvalue weighted by Gasteiger charge is 2.43. The third-order valence-electron chi connectivity index (χ3n) is 6.07. The SMILES string of the molecule is O=C(O)CC(NC(=O)C1N(C(=O)Nc2ccc(F)cc2)CCN1C(=O)Nc1cccc(F)c1)c1ccc(F)cc1. The molecule has 1 aliphatic heterocycles. The number of amides is 5. The summed E-state index contributed by atoms with van der Waals surface area (Å²) in [6.07, 6.45) is -2.12. The lowest BCUT2D eigenvalue weighted by atomic mass is 10.0. The Morgan fingerprint density at radius 1 is 0.775 bits per heavy atom. The largest absolute Gasteiger partial charge is 0.481 e. The van der Waals surface area contributed by atoms with Crippen LogP contribution in [0.15, 0.2) is 72.8 Å². The fourth-order valence-electron chi connectivity index (χ4n) is 4.19. The summed E-state index contributed by atoms with van der Waals surface area (Å²) in [5.74, 6) is -3.85. The number of nitrogens with one attached hydrogen (secondary N) is 3. The number of nitrogens with zero attached hydrogens (tertiary/aromatic N) is 2. The minimum atomic E-state index is -1.55. The van der Waals surface area contributed by atoms with Crippen LogP contribution in [-0.4, -0.2) is 58.1 Å². The molecule has 1 aliphatic rings. The maximum absolute atomic E-state index is 13.6. The maximum atomic E-state index is 13.6. The summed E-state index contributed by atoms with van der Waals surface area (Å²) in [6.45, 7) is -0.196. The van der Waals surface area contributed by atoms with Gasteiger partial charge >= 0.3 is 18.0 Å². The van der Waals surface area contributed by atoms with Crippen molar-refractivity contribution in [2.75, 3.05) is 23.7 Å². The molecule has 10 nitrogen and oxygen atoms in total. The van der Waals surface area contributed by atoms with Crippen molar-refractivity contribution in [3.8, 4) is 0 Å². The van der Waals surface area contributed by atoms with Crippen LogP contribution in [0.1, 0.15) is 18.0 Å². The number of carboxylic acids is 1. The number of halogens is 3. The zero-order chi connectivity index (χ0) is 28.8. The first-order valence-electron chi connectivity index (χ1n) is 12.0. The lowest BCUT2D eigenvalue weighted by Gasteiger charge is -2.31. The molecule has 4 rings (SSSR count). The minimum absolute atomic E-state index is 0.0954. The molecule has 5 amide bonds. The minimum Gasteiger partial charge on any atom is -0.481 e. The topological polar surface area (TPSA) is 131 Å². The van der Waals surface area contributed by atoms with Gasteiger partial charge in [-0.3, -0.25) is 19.4 Å². The molecule has 2 atom stereocenters. The average molecular weight is 556 g/mol. The van der Waals surface area contributed by atoms with Crippen molar-refractivity contribution in [1.82, 2.24) is 15.1 Å². The Kier molecular flexibility index (Phi) is 8.52. The van der Waals surface area contributed by atoms with E-state index in [0.29, 0.717) is 0 Å². The fraction of sp³-hybridized carbons (Fsp3) is 0.185. The third kappa shape index (κ3) is 6.87. The number of carboxylic acid groups (broad SMARTS) is 1. The molecule has 0 aliphatic carbocycles. The standard InChI is InChI=1S/C27H24F3N5O5/c28-17-6-4-16(5-7-17)22(15-23(36)37)33-24(38)25-34(26(39)31-20-10-8-18(29)9-11-20)12-13-35(25)27(40)32-21-3-1-2-19(30)14-21/h1-11,14,22,25H,12-13,15H2,(H,31,39)(H,32,40)(H,33,38)(H,36,37). The molecule has 40 heavy (non-hydrogen) atoms. The summed E-state index contributed by atoms with van der Waals surface area (Å²) in [5, 5.41) is 17.0. The number of hydrogen-bond donors (Lipinski definition) is 4. The molecule has 208 valence electrons. The van der Waals surface area contributed by atoms with Gasteiger partial charge in [0.1, 0.15) is 17.5 Å². The Hall–Kier alpha value is -5.07. The summed E-state index contributed by atoms with van der Waals surface area (Å²) >= 11 is 0. The molecule has 1 fully saturated rings. The maximum Gasteiger partial charge on any atom is 0.323 e. The summed E-state index contributed by atoms with van der Waals surface area (Å²) in [7, 11) is 0. The Labute approximate surface area is 226 Å². The predicted octanol–water partition coefficient (Wildman–Crippen LogP) is 4.14. The highest BCUT2D eigenvalue weighted by Crippen LogP contribution is 2.23. The second-order valence-electron chi connectivity index (χ2n) is 8.85. The monoisotopic (exact) mass is 555 g/mol. The van der Waals surface area contributed by atoms with Crippen LogP contribution in [0.25, 0.3) is 0 Å². The smallest absolute Gasteiger partial charge is 0.323 e. The zero-order valence-corrected chi connectivity index (χ0v) is 20.8. The first kappa shape index (κ1) is 28.0. The van der Waals surface area contributed by atoms with Crippen LogP contribution in [-0.2, 0) is 9.59 Å². The van der Waals surface area contributed by atoms with Crippen molar-refractivity contribution < 1.29 is 37.5 Å². The van der Waals surface area contributed by atoms with E-state index in [-0.39, 0.29) is 30.0 Å². The number of benzene rings is 3. The van der Waals surface area contributed by atoms with E-state index in [2.05, 4.69) is 16.0 Å². The van der Waals surface area contributed by atoms with Gasteiger partial charge in [-0.2, -0.15) is 0 Å². The van der Waals surface area contributed by atoms with E-state index in [9.17, 15) is 37.5 Å². The number of anilines is 2. The van der Waals surface area contributed by atoms with E-state index in [1.807, 2.05) is 0 Å². The summed E-state index contributed by atoms with van der Waals surface area (Å²) < 4.78 is 40.4. The lowest BCUT2D eigenvalue weighted by molar-refractivity contribution is -0.138. The van der Waals surface area contributed by atoms with Gasteiger partial charge in [-0.1, -0.05) is 18.2 Å². The number of carbonyl (C=O) groups is 4. The van der Waals surface area contributed by atoms with Crippen LogP contribution in [0.2, 0.25) is 0 Å². The fourth-order valence-corrected chi connectivity index (χ4v) is 4.19. The van der Waals surface area contributed by atoms with E-state index >= 15 is 0 Å². The first-order valence-corrected chi connectivity index (χ1v) is 12.0. The van der Waals surface area contributed by atoms with Crippen LogP contribution in [0.3, 0.4) is 0 Å². The van der Waals surface area contributed by atoms with Gasteiger partial charge in [0.05, 0.1) is 12.5 Å². The Balaban J connectivity index is 1.60. The van der Waals surface area contributed by atoms with Gasteiger partial charge in [0.2, 0.25) is 0 Å².